The van der Waals surface area contributed by atoms with E-state index >= 15 is 26.3 Å². The van der Waals surface area contributed by atoms with Gasteiger partial charge in [0.15, 0.2) is 0 Å². The van der Waals surface area contributed by atoms with Crippen molar-refractivity contribution in [1.29, 1.82) is 0 Å². The lowest BCUT2D eigenvalue weighted by molar-refractivity contribution is -0.257. The smallest absolute Gasteiger partial charge is 0.359 e. The first-order chi connectivity index (χ1) is 16.9. The predicted molar refractivity (Wildman–Crippen MR) is 127 cm³/mol. The maximum atomic E-state index is 15.7. The molecule has 3 atom stereocenters. The minimum atomic E-state index is -5.61. The number of rotatable bonds is 4. The zero-order valence-corrected chi connectivity index (χ0v) is 20.9. The highest BCUT2D eigenvalue weighted by Crippen LogP contribution is 2.78. The van der Waals surface area contributed by atoms with E-state index in [0.717, 1.165) is 0 Å². The number of fused-ring (bicyclic) bond motifs is 8. The van der Waals surface area contributed by atoms with Crippen molar-refractivity contribution in [3.05, 3.63) is 70.8 Å². The van der Waals surface area contributed by atoms with Crippen molar-refractivity contribution < 1.29 is 35.8 Å². The van der Waals surface area contributed by atoms with Crippen LogP contribution in [0, 0.1) is 0 Å². The summed E-state index contributed by atoms with van der Waals surface area (Å²) in [5.41, 5.74) is -2.44. The molecular formula is C26H20F6O2S2. The number of thioether (sulfide) groups is 2. The maximum absolute atomic E-state index is 15.7. The average molecular weight is 543 g/mol. The molecule has 2 aliphatic heterocycles. The van der Waals surface area contributed by atoms with Gasteiger partial charge >= 0.3 is 17.8 Å². The highest BCUT2D eigenvalue weighted by atomic mass is 32.2. The number of hydrogen-bond donors (Lipinski definition) is 0. The van der Waals surface area contributed by atoms with Crippen LogP contribution >= 0.6 is 23.5 Å². The molecule has 0 spiro atoms. The Morgan fingerprint density at radius 2 is 1.25 bits per heavy atom. The van der Waals surface area contributed by atoms with E-state index in [-0.39, 0.29) is 29.1 Å². The average Bonchev–Trinajstić information content (AvgIpc) is 3.37. The fourth-order valence-corrected chi connectivity index (χ4v) is 9.59. The number of allylic oxidation sites excluding steroid dienone is 2. The molecule has 0 aromatic heterocycles. The summed E-state index contributed by atoms with van der Waals surface area (Å²) < 4.78 is 101. The molecule has 4 aliphatic rings. The molecule has 190 valence electrons. The summed E-state index contributed by atoms with van der Waals surface area (Å²) in [6.07, 6.45) is -0.876. The molecule has 0 bridgehead atoms. The van der Waals surface area contributed by atoms with Crippen LogP contribution in [0.2, 0.25) is 0 Å². The first-order valence-corrected chi connectivity index (χ1v) is 12.8. The second-order valence-electron chi connectivity index (χ2n) is 9.40. The predicted octanol–water partition coefficient (Wildman–Crippen LogP) is 7.55. The summed E-state index contributed by atoms with van der Waals surface area (Å²) in [6, 6.07) is 13.0. The minimum absolute atomic E-state index is 0.183. The third kappa shape index (κ3) is 2.52. The number of benzene rings is 2. The van der Waals surface area contributed by atoms with Crippen molar-refractivity contribution in [3.63, 3.8) is 0 Å². The number of methoxy groups -OCH3 is 1. The SMILES string of the molecule is COCO[C@@H](C)[C@@]12Sc3ccccc3C1=C1C(=C3c4ccccc4S[C@]32C)C(F)(F)C(F)(F)C1(F)F. The van der Waals surface area contributed by atoms with Crippen LogP contribution in [0.15, 0.2) is 69.5 Å². The first kappa shape index (κ1) is 24.5. The molecule has 36 heavy (non-hydrogen) atoms. The zero-order valence-electron chi connectivity index (χ0n) is 19.3. The van der Waals surface area contributed by atoms with Gasteiger partial charge in [0, 0.05) is 28.0 Å². The topological polar surface area (TPSA) is 18.5 Å². The Kier molecular flexibility index (Phi) is 5.00. The van der Waals surface area contributed by atoms with Gasteiger partial charge in [-0.15, -0.1) is 23.5 Å². The lowest BCUT2D eigenvalue weighted by Gasteiger charge is -2.51. The van der Waals surface area contributed by atoms with E-state index in [0.29, 0.717) is 9.79 Å². The van der Waals surface area contributed by atoms with Gasteiger partial charge in [-0.05, 0) is 48.3 Å². The highest BCUT2D eigenvalue weighted by molar-refractivity contribution is 8.06. The third-order valence-electron chi connectivity index (χ3n) is 7.63. The fourth-order valence-electron chi connectivity index (χ4n) is 6.12. The van der Waals surface area contributed by atoms with Crippen LogP contribution in [-0.2, 0) is 9.47 Å². The Morgan fingerprint density at radius 3 is 1.83 bits per heavy atom. The minimum Gasteiger partial charge on any atom is -0.359 e. The van der Waals surface area contributed by atoms with Gasteiger partial charge in [-0.1, -0.05) is 36.4 Å². The molecule has 1 fully saturated rings. The summed E-state index contributed by atoms with van der Waals surface area (Å²) in [5, 5.41) is 0. The first-order valence-electron chi connectivity index (χ1n) is 11.2. The molecule has 0 unspecified atom stereocenters. The molecule has 2 nitrogen and oxygen atoms in total. The molecular weight excluding hydrogens is 522 g/mol. The molecule has 2 aromatic rings. The van der Waals surface area contributed by atoms with Gasteiger partial charge in [0.1, 0.15) is 6.79 Å². The van der Waals surface area contributed by atoms with Crippen LogP contribution in [0.5, 0.6) is 0 Å². The van der Waals surface area contributed by atoms with E-state index in [9.17, 15) is 0 Å². The molecule has 2 aromatic carbocycles. The van der Waals surface area contributed by atoms with E-state index in [1.165, 1.54) is 42.8 Å². The van der Waals surface area contributed by atoms with Crippen LogP contribution in [0.3, 0.4) is 0 Å². The number of alkyl halides is 6. The van der Waals surface area contributed by atoms with E-state index < -0.39 is 44.5 Å². The molecule has 2 aliphatic carbocycles. The van der Waals surface area contributed by atoms with Gasteiger partial charge in [-0.25, -0.2) is 0 Å². The van der Waals surface area contributed by atoms with Gasteiger partial charge in [0.05, 0.1) is 15.6 Å². The second kappa shape index (κ2) is 7.36. The normalized spacial score (nSPS) is 31.0. The number of ether oxygens (including phenoxy) is 2. The maximum Gasteiger partial charge on any atom is 0.380 e. The number of halogens is 6. The summed E-state index contributed by atoms with van der Waals surface area (Å²) in [6.45, 7) is 3.14. The Bertz CT molecular complexity index is 1370. The van der Waals surface area contributed by atoms with E-state index in [2.05, 4.69) is 0 Å². The summed E-state index contributed by atoms with van der Waals surface area (Å²) in [4.78, 5) is 1.10. The van der Waals surface area contributed by atoms with Crippen LogP contribution in [0.25, 0.3) is 11.1 Å². The Labute approximate surface area is 212 Å². The van der Waals surface area contributed by atoms with Gasteiger partial charge in [-0.2, -0.15) is 26.3 Å². The summed E-state index contributed by atoms with van der Waals surface area (Å²) in [5.74, 6) is -15.8. The van der Waals surface area contributed by atoms with Crippen molar-refractivity contribution in [2.24, 2.45) is 0 Å². The second-order valence-corrected chi connectivity index (χ2v) is 12.2. The summed E-state index contributed by atoms with van der Waals surface area (Å²) >= 11 is 2.43. The highest BCUT2D eigenvalue weighted by Gasteiger charge is 2.85. The van der Waals surface area contributed by atoms with Crippen LogP contribution < -0.4 is 0 Å². The molecule has 0 radical (unpaired) electrons. The van der Waals surface area contributed by atoms with Crippen LogP contribution in [0.1, 0.15) is 25.0 Å². The fraction of sp³-hybridized carbons (Fsp3) is 0.385. The van der Waals surface area contributed by atoms with Gasteiger partial charge < -0.3 is 9.47 Å². The van der Waals surface area contributed by atoms with Gasteiger partial charge in [0.25, 0.3) is 0 Å². The lowest BCUT2D eigenvalue weighted by Crippen LogP contribution is -2.56. The van der Waals surface area contributed by atoms with E-state index in [4.69, 9.17) is 9.47 Å². The van der Waals surface area contributed by atoms with Crippen molar-refractivity contribution in [1.82, 2.24) is 0 Å². The quantitative estimate of drug-likeness (QED) is 0.293. The molecule has 10 heteroatoms. The lowest BCUT2D eigenvalue weighted by atomic mass is 9.65. The van der Waals surface area contributed by atoms with Crippen molar-refractivity contribution in [2.75, 3.05) is 13.9 Å². The zero-order chi connectivity index (χ0) is 25.9. The Hall–Kier alpha value is -1.88. The van der Waals surface area contributed by atoms with E-state index in [1.54, 1.807) is 50.2 Å². The third-order valence-corrected chi connectivity index (χ3v) is 11.1. The van der Waals surface area contributed by atoms with Crippen molar-refractivity contribution in [2.45, 2.75) is 57.0 Å². The standard InChI is InChI=1S/C26H20F6O2S2/c1-13(34-12-33-3)23-19(15-9-5-7-11-17(15)36-23)21-20(24(27,28)26(31,32)25(21,29)30)18-14-8-4-6-10-16(14)35-22(18,23)2/h4-11,13H,12H2,1-3H3/t13-,22+,23+/m0/s1. The van der Waals surface area contributed by atoms with Gasteiger partial charge in [-0.3, -0.25) is 0 Å². The molecule has 6 rings (SSSR count). The van der Waals surface area contributed by atoms with Crippen molar-refractivity contribution in [3.8, 4) is 0 Å². The Balaban J connectivity index is 1.82. The molecule has 2 heterocycles. The molecule has 0 saturated heterocycles. The Morgan fingerprint density at radius 1 is 0.750 bits per heavy atom. The molecule has 0 amide bonds. The molecule has 1 saturated carbocycles. The van der Waals surface area contributed by atoms with E-state index in [1.807, 2.05) is 0 Å². The summed E-state index contributed by atoms with van der Waals surface area (Å²) in [7, 11) is 1.40. The molecule has 0 N–H and O–H groups in total. The number of hydrogen-bond acceptors (Lipinski definition) is 4. The van der Waals surface area contributed by atoms with Crippen LogP contribution in [-0.4, -0.2) is 47.3 Å². The van der Waals surface area contributed by atoms with Crippen molar-refractivity contribution >= 4 is 34.7 Å². The van der Waals surface area contributed by atoms with Gasteiger partial charge in [0.2, 0.25) is 0 Å². The van der Waals surface area contributed by atoms with Crippen LogP contribution in [0.4, 0.5) is 26.3 Å². The largest absolute Gasteiger partial charge is 0.380 e. The monoisotopic (exact) mass is 542 g/mol.